The molecule has 0 saturated carbocycles. The molecular formula is C37H26NOP. The quantitative estimate of drug-likeness (QED) is 0.209. The molecule has 7 aromatic rings. The zero-order valence-electron chi connectivity index (χ0n) is 21.8. The number of nitrogens with zero attached hydrogens (tertiary/aromatic N) is 1. The molecule has 0 aliphatic carbocycles. The van der Waals surface area contributed by atoms with Gasteiger partial charge in [-0.15, -0.1) is 0 Å². The van der Waals surface area contributed by atoms with E-state index < -0.39 is 7.14 Å². The number of benzene rings is 6. The molecule has 3 heteroatoms. The lowest BCUT2D eigenvalue weighted by atomic mass is 9.97. The van der Waals surface area contributed by atoms with Crippen LogP contribution in [0.4, 0.5) is 0 Å². The first kappa shape index (κ1) is 24.3. The third kappa shape index (κ3) is 4.14. The van der Waals surface area contributed by atoms with Gasteiger partial charge < -0.3 is 4.57 Å². The Morgan fingerprint density at radius 3 is 1.75 bits per heavy atom. The van der Waals surface area contributed by atoms with Crippen molar-refractivity contribution in [2.75, 3.05) is 0 Å². The fourth-order valence-corrected chi connectivity index (χ4v) is 8.35. The summed E-state index contributed by atoms with van der Waals surface area (Å²) in [6.07, 6.45) is 0. The molecule has 0 aliphatic rings. The Balaban J connectivity index is 1.57. The van der Waals surface area contributed by atoms with Crippen LogP contribution in [0.25, 0.3) is 44.1 Å². The van der Waals surface area contributed by atoms with Crippen LogP contribution >= 0.6 is 7.14 Å². The van der Waals surface area contributed by atoms with Gasteiger partial charge in [0.15, 0.2) is 7.14 Å². The minimum Gasteiger partial charge on any atom is -0.309 e. The predicted octanol–water partition coefficient (Wildman–Crippen LogP) is 8.36. The Kier molecular flexibility index (Phi) is 6.11. The summed E-state index contributed by atoms with van der Waals surface area (Å²) >= 11 is 0. The number of fused-ring (bicyclic) bond motifs is 2. The lowest BCUT2D eigenvalue weighted by Crippen LogP contribution is -2.26. The number of para-hydroxylation sites is 1. The van der Waals surface area contributed by atoms with E-state index in [4.69, 9.17) is 4.98 Å². The van der Waals surface area contributed by atoms with Crippen molar-refractivity contribution >= 4 is 44.7 Å². The number of pyridine rings is 1. The van der Waals surface area contributed by atoms with E-state index in [-0.39, 0.29) is 0 Å². The van der Waals surface area contributed by atoms with Crippen LogP contribution in [0.2, 0.25) is 0 Å². The number of aromatic nitrogens is 1. The largest absolute Gasteiger partial charge is 0.309 e. The lowest BCUT2D eigenvalue weighted by Gasteiger charge is -2.22. The first-order chi connectivity index (χ1) is 19.7. The van der Waals surface area contributed by atoms with Gasteiger partial charge in [-0.1, -0.05) is 140 Å². The lowest BCUT2D eigenvalue weighted by molar-refractivity contribution is 0.592. The van der Waals surface area contributed by atoms with Gasteiger partial charge in [0.05, 0.1) is 11.2 Å². The SMILES string of the molecule is O=P(c1ccccc1)(c1ccccc1)c1cccc2c(-c3ccccc3)cc(-c3ccc4ccccc4c3)nc12. The summed E-state index contributed by atoms with van der Waals surface area (Å²) in [7, 11) is -3.25. The maximum Gasteiger partial charge on any atom is 0.173 e. The molecule has 0 unspecified atom stereocenters. The van der Waals surface area contributed by atoms with Gasteiger partial charge >= 0.3 is 0 Å². The Bertz CT molecular complexity index is 1980. The van der Waals surface area contributed by atoms with Gasteiger partial charge in [-0.2, -0.15) is 0 Å². The van der Waals surface area contributed by atoms with Crippen molar-refractivity contribution in [2.24, 2.45) is 0 Å². The first-order valence-electron chi connectivity index (χ1n) is 13.4. The maximum absolute atomic E-state index is 15.5. The van der Waals surface area contributed by atoms with Crippen LogP contribution in [-0.2, 0) is 4.57 Å². The van der Waals surface area contributed by atoms with E-state index >= 15 is 4.57 Å². The van der Waals surface area contributed by atoms with Gasteiger partial charge in [0.1, 0.15) is 0 Å². The second-order valence-electron chi connectivity index (χ2n) is 9.94. The van der Waals surface area contributed by atoms with Crippen molar-refractivity contribution in [3.63, 3.8) is 0 Å². The van der Waals surface area contributed by atoms with E-state index in [2.05, 4.69) is 78.9 Å². The van der Waals surface area contributed by atoms with Crippen LogP contribution in [0, 0.1) is 0 Å². The zero-order chi connectivity index (χ0) is 26.9. The highest BCUT2D eigenvalue weighted by atomic mass is 31.2. The highest BCUT2D eigenvalue weighted by molar-refractivity contribution is 7.85. The smallest absolute Gasteiger partial charge is 0.173 e. The zero-order valence-corrected chi connectivity index (χ0v) is 22.7. The van der Waals surface area contributed by atoms with Crippen molar-refractivity contribution in [2.45, 2.75) is 0 Å². The molecule has 1 heterocycles. The second kappa shape index (κ2) is 10.1. The molecule has 2 nitrogen and oxygen atoms in total. The minimum absolute atomic E-state index is 0.752. The molecule has 0 saturated heterocycles. The summed E-state index contributed by atoms with van der Waals surface area (Å²) in [4.78, 5) is 5.28. The highest BCUT2D eigenvalue weighted by Gasteiger charge is 2.32. The molecular weight excluding hydrogens is 505 g/mol. The maximum atomic E-state index is 15.5. The van der Waals surface area contributed by atoms with Crippen LogP contribution in [0.3, 0.4) is 0 Å². The normalized spacial score (nSPS) is 11.6. The molecule has 6 aromatic carbocycles. The van der Waals surface area contributed by atoms with E-state index in [1.54, 1.807) is 0 Å². The number of rotatable bonds is 5. The fourth-order valence-electron chi connectivity index (χ4n) is 5.54. The number of hydrogen-bond acceptors (Lipinski definition) is 2. The predicted molar refractivity (Wildman–Crippen MR) is 170 cm³/mol. The van der Waals surface area contributed by atoms with Crippen LogP contribution in [-0.4, -0.2) is 4.98 Å². The molecule has 0 radical (unpaired) electrons. The topological polar surface area (TPSA) is 30.0 Å². The molecule has 190 valence electrons. The van der Waals surface area contributed by atoms with E-state index in [1.165, 1.54) is 5.39 Å². The van der Waals surface area contributed by atoms with E-state index in [1.807, 2.05) is 78.9 Å². The molecule has 1 aromatic heterocycles. The van der Waals surface area contributed by atoms with Crippen LogP contribution in [0.1, 0.15) is 0 Å². The second-order valence-corrected chi connectivity index (χ2v) is 12.7. The van der Waals surface area contributed by atoms with Crippen molar-refractivity contribution in [3.8, 4) is 22.4 Å². The summed E-state index contributed by atoms with van der Waals surface area (Å²) in [6, 6.07) is 53.1. The van der Waals surface area contributed by atoms with Crippen LogP contribution in [0.15, 0.2) is 158 Å². The van der Waals surface area contributed by atoms with E-state index in [0.717, 1.165) is 54.6 Å². The third-order valence-corrected chi connectivity index (χ3v) is 10.6. The highest BCUT2D eigenvalue weighted by Crippen LogP contribution is 2.45. The molecule has 0 bridgehead atoms. The molecule has 0 spiro atoms. The average Bonchev–Trinajstić information content (AvgIpc) is 3.04. The first-order valence-corrected chi connectivity index (χ1v) is 15.1. The number of hydrogen-bond donors (Lipinski definition) is 0. The van der Waals surface area contributed by atoms with Crippen molar-refractivity contribution in [1.82, 2.24) is 4.98 Å². The Hall–Kier alpha value is -4.78. The summed E-state index contributed by atoms with van der Waals surface area (Å²) in [5, 5.41) is 5.69. The molecule has 0 N–H and O–H groups in total. The standard InChI is InChI=1S/C37H26NOP/c39-40(31-17-6-2-7-18-31,32-19-8-3-9-20-32)36-22-12-21-33-34(28-14-4-1-5-15-28)26-35(38-37(33)36)30-24-23-27-13-10-11-16-29(27)25-30/h1-26H. The average molecular weight is 532 g/mol. The van der Waals surface area contributed by atoms with Gasteiger partial charge in [0.2, 0.25) is 0 Å². The molecule has 0 aliphatic heterocycles. The van der Waals surface area contributed by atoms with Gasteiger partial charge in [0, 0.05) is 26.9 Å². The minimum atomic E-state index is -3.25. The van der Waals surface area contributed by atoms with Crippen molar-refractivity contribution in [1.29, 1.82) is 0 Å². The molecule has 40 heavy (non-hydrogen) atoms. The summed E-state index contributed by atoms with van der Waals surface area (Å²) in [6.45, 7) is 0. The monoisotopic (exact) mass is 531 g/mol. The van der Waals surface area contributed by atoms with Gasteiger partial charge in [-0.05, 0) is 40.1 Å². The van der Waals surface area contributed by atoms with Crippen molar-refractivity contribution in [3.05, 3.63) is 158 Å². The van der Waals surface area contributed by atoms with E-state index in [9.17, 15) is 0 Å². The fraction of sp³-hybridized carbons (Fsp3) is 0. The molecule has 0 atom stereocenters. The van der Waals surface area contributed by atoms with Gasteiger partial charge in [0.25, 0.3) is 0 Å². The Morgan fingerprint density at radius 1 is 0.475 bits per heavy atom. The molecule has 7 rings (SSSR count). The van der Waals surface area contributed by atoms with Crippen molar-refractivity contribution < 1.29 is 4.57 Å². The molecule has 0 amide bonds. The van der Waals surface area contributed by atoms with Gasteiger partial charge in [-0.25, -0.2) is 4.98 Å². The van der Waals surface area contributed by atoms with E-state index in [0.29, 0.717) is 0 Å². The summed E-state index contributed by atoms with van der Waals surface area (Å²) in [5.74, 6) is 0. The summed E-state index contributed by atoms with van der Waals surface area (Å²) < 4.78 is 15.5. The molecule has 0 fully saturated rings. The van der Waals surface area contributed by atoms with Gasteiger partial charge in [-0.3, -0.25) is 0 Å². The Labute approximate surface area is 234 Å². The van der Waals surface area contributed by atoms with Crippen LogP contribution in [0.5, 0.6) is 0 Å². The third-order valence-electron chi connectivity index (χ3n) is 7.53. The summed E-state index contributed by atoms with van der Waals surface area (Å²) in [5.41, 5.74) is 4.83. The Morgan fingerprint density at radius 2 is 1.07 bits per heavy atom. The van der Waals surface area contributed by atoms with Crippen LogP contribution < -0.4 is 15.9 Å².